The summed E-state index contributed by atoms with van der Waals surface area (Å²) in [5.41, 5.74) is 13.7. The Morgan fingerprint density at radius 1 is 0.520 bits per heavy atom. The number of rotatable bonds is 0. The lowest BCUT2D eigenvalue weighted by atomic mass is 10.0. The second kappa shape index (κ2) is 12.8. The van der Waals surface area contributed by atoms with Crippen LogP contribution in [0.5, 0.6) is 0 Å². The van der Waals surface area contributed by atoms with Gasteiger partial charge in [0.1, 0.15) is 35.7 Å². The third kappa shape index (κ3) is 4.94. The summed E-state index contributed by atoms with van der Waals surface area (Å²) in [5.74, 6) is -1.12. The minimum atomic E-state index is -0.561. The van der Waals surface area contributed by atoms with Crippen LogP contribution in [0, 0.1) is 71.6 Å². The molecule has 14 heteroatoms. The predicted molar refractivity (Wildman–Crippen MR) is 178 cm³/mol. The van der Waals surface area contributed by atoms with Crippen LogP contribution in [-0.4, -0.2) is 21.5 Å². The first kappa shape index (κ1) is 32.5. The van der Waals surface area contributed by atoms with E-state index in [0.29, 0.717) is 61.4 Å². The van der Waals surface area contributed by atoms with Crippen LogP contribution in [0.1, 0.15) is 32.1 Å². The number of allylic oxidation sites excluding steroid dienone is 2. The molecular formula is C36H12N12O2. The van der Waals surface area contributed by atoms with E-state index in [4.69, 9.17) is 48.3 Å². The van der Waals surface area contributed by atoms with Crippen molar-refractivity contribution in [1.82, 2.24) is 9.97 Å². The Balaban J connectivity index is 0.000000165. The van der Waals surface area contributed by atoms with E-state index in [1.807, 2.05) is 12.1 Å². The first-order valence-corrected chi connectivity index (χ1v) is 13.7. The number of aromatic nitrogens is 2. The molecule has 0 saturated carbocycles. The van der Waals surface area contributed by atoms with Crippen molar-refractivity contribution in [1.29, 1.82) is 21.0 Å². The van der Waals surface area contributed by atoms with E-state index in [0.717, 1.165) is 16.5 Å². The van der Waals surface area contributed by atoms with Gasteiger partial charge in [0, 0.05) is 22.3 Å². The molecule has 2 aliphatic rings. The summed E-state index contributed by atoms with van der Waals surface area (Å²) in [7, 11) is 0. The van der Waals surface area contributed by atoms with Crippen LogP contribution in [0.4, 0.5) is 22.7 Å². The molecule has 4 N–H and O–H groups in total. The smallest absolute Gasteiger partial charge is 0.234 e. The predicted octanol–water partition coefficient (Wildman–Crippen LogP) is 6.61. The molecule has 0 spiro atoms. The average molecular weight is 645 g/mol. The Hall–Kier alpha value is -8.92. The number of nitrogens with two attached hydrogens (primary N) is 2. The van der Waals surface area contributed by atoms with Gasteiger partial charge in [0.2, 0.25) is 11.6 Å². The average Bonchev–Trinajstić information content (AvgIpc) is 3.61. The van der Waals surface area contributed by atoms with Gasteiger partial charge in [-0.1, -0.05) is 48.5 Å². The standard InChI is InChI=1S/C18H4N6.C14H4N2O2.C4H4N4/c1-21-11-5-3-9-15-10(4-6-12(22-2)16(11)15)18-17(9)23-13(7-19)14(8-20)24-18;1-15-9-5-3-7-11-8(14(18)13(7)17)4-6-10(16-2)12(9)11;5-1-3(7)4(8)2-6/h3-6H;3-6H;7-8H2/b;;4-3-. The zero-order chi connectivity index (χ0) is 36.3. The number of hydrogen-bond donors (Lipinski definition) is 2. The molecule has 2 aliphatic carbocycles. The van der Waals surface area contributed by atoms with Crippen molar-refractivity contribution in [3.05, 3.63) is 128 Å². The molecule has 0 unspecified atom stereocenters. The largest absolute Gasteiger partial charge is 0.388 e. The van der Waals surface area contributed by atoms with E-state index < -0.39 is 11.6 Å². The lowest BCUT2D eigenvalue weighted by molar-refractivity contribution is 0.0825. The number of Topliss-reactive ketones (excluding diaryl/α,β-unsaturated/α-hetero) is 2. The molecule has 228 valence electrons. The zero-order valence-electron chi connectivity index (χ0n) is 25.1. The zero-order valence-corrected chi connectivity index (χ0v) is 25.1. The summed E-state index contributed by atoms with van der Waals surface area (Å²) >= 11 is 0. The fourth-order valence-electron chi connectivity index (χ4n) is 5.40. The maximum absolute atomic E-state index is 11.8. The van der Waals surface area contributed by atoms with E-state index in [1.54, 1.807) is 24.3 Å². The van der Waals surface area contributed by atoms with Gasteiger partial charge in [0.15, 0.2) is 34.1 Å². The topological polar surface area (TPSA) is 225 Å². The number of nitrogens with zero attached hydrogens (tertiary/aromatic N) is 10. The molecule has 0 fully saturated rings. The highest BCUT2D eigenvalue weighted by Crippen LogP contribution is 2.50. The quantitative estimate of drug-likeness (QED) is 0.102. The van der Waals surface area contributed by atoms with Crippen LogP contribution in [0.2, 0.25) is 0 Å². The molecule has 0 amide bonds. The van der Waals surface area contributed by atoms with Crippen molar-refractivity contribution < 1.29 is 9.59 Å². The first-order valence-electron chi connectivity index (χ1n) is 13.7. The lowest BCUT2D eigenvalue weighted by Gasteiger charge is -2.05. The molecule has 50 heavy (non-hydrogen) atoms. The van der Waals surface area contributed by atoms with Crippen LogP contribution in [-0.2, 0) is 0 Å². The van der Waals surface area contributed by atoms with Crippen molar-refractivity contribution in [2.75, 3.05) is 0 Å². The van der Waals surface area contributed by atoms with Gasteiger partial charge in [-0.2, -0.15) is 21.0 Å². The first-order chi connectivity index (χ1) is 24.1. The number of hydrogen-bond acceptors (Lipinski definition) is 10. The molecule has 1 heterocycles. The molecule has 0 radical (unpaired) electrons. The molecule has 0 saturated heterocycles. The molecule has 1 aromatic heterocycles. The third-order valence-electron chi connectivity index (χ3n) is 7.56. The van der Waals surface area contributed by atoms with E-state index in [-0.39, 0.29) is 22.8 Å². The van der Waals surface area contributed by atoms with E-state index >= 15 is 0 Å². The maximum atomic E-state index is 11.8. The Labute approximate surface area is 282 Å². The number of benzene rings is 4. The second-order valence-electron chi connectivity index (χ2n) is 10.0. The van der Waals surface area contributed by atoms with Crippen molar-refractivity contribution in [3.8, 4) is 46.8 Å². The van der Waals surface area contributed by atoms with Crippen LogP contribution in [0.15, 0.2) is 59.9 Å². The second-order valence-corrected chi connectivity index (χ2v) is 10.0. The monoisotopic (exact) mass is 644 g/mol. The van der Waals surface area contributed by atoms with Gasteiger partial charge in [-0.15, -0.1) is 0 Å². The summed E-state index contributed by atoms with van der Waals surface area (Å²) in [4.78, 5) is 45.8. The van der Waals surface area contributed by atoms with Crippen LogP contribution in [0.3, 0.4) is 0 Å². The van der Waals surface area contributed by atoms with Crippen LogP contribution in [0.25, 0.3) is 63.4 Å². The number of ketones is 2. The number of carbonyl (C=O) groups is 2. The summed E-state index contributed by atoms with van der Waals surface area (Å²) in [6.07, 6.45) is 0. The summed E-state index contributed by atoms with van der Waals surface area (Å²) in [5, 5.41) is 36.4. The minimum absolute atomic E-state index is 0.0307. The van der Waals surface area contributed by atoms with Crippen LogP contribution >= 0.6 is 0 Å². The number of carbonyl (C=O) groups excluding carboxylic acids is 2. The highest BCUT2D eigenvalue weighted by Gasteiger charge is 2.32. The maximum Gasteiger partial charge on any atom is 0.234 e. The molecule has 0 bridgehead atoms. The van der Waals surface area contributed by atoms with Gasteiger partial charge < -0.3 is 11.5 Å². The summed E-state index contributed by atoms with van der Waals surface area (Å²) in [6.45, 7) is 28.9. The van der Waals surface area contributed by atoms with E-state index in [2.05, 4.69) is 29.3 Å². The fraction of sp³-hybridized carbons (Fsp3) is 0. The molecule has 14 nitrogen and oxygen atoms in total. The number of fused-ring (bicyclic) bond motifs is 3. The summed E-state index contributed by atoms with van der Waals surface area (Å²) in [6, 6.07) is 19.6. The molecule has 7 rings (SSSR count). The van der Waals surface area contributed by atoms with Crippen LogP contribution < -0.4 is 11.5 Å². The Kier molecular flexibility index (Phi) is 8.33. The SMILES string of the molecule is N#C/C(N)=C(/N)C#N.[C-]#[N+]c1ccc2c3c(ccc([N+]#[C-])c13)-c1nc(C#N)c(C#N)nc1-2.[C-]#[N+]c1ccc2c3c(ccc([N+]#[C-])c13)C(=O)C2=O. The van der Waals surface area contributed by atoms with Gasteiger partial charge in [0.05, 0.1) is 37.7 Å². The molecular weight excluding hydrogens is 632 g/mol. The normalized spacial score (nSPS) is 11.2. The van der Waals surface area contributed by atoms with Crippen molar-refractivity contribution in [2.24, 2.45) is 11.5 Å². The highest BCUT2D eigenvalue weighted by atomic mass is 16.2. The van der Waals surface area contributed by atoms with E-state index in [1.165, 1.54) is 36.4 Å². The lowest BCUT2D eigenvalue weighted by Crippen LogP contribution is -2.05. The Morgan fingerprint density at radius 3 is 1.10 bits per heavy atom. The molecule has 5 aromatic rings. The van der Waals surface area contributed by atoms with E-state index in [9.17, 15) is 20.1 Å². The van der Waals surface area contributed by atoms with Gasteiger partial charge in [-0.05, 0) is 21.5 Å². The Morgan fingerprint density at radius 2 is 0.820 bits per heavy atom. The number of nitriles is 4. The van der Waals surface area contributed by atoms with Gasteiger partial charge in [-0.25, -0.2) is 29.3 Å². The molecule has 4 aromatic carbocycles. The van der Waals surface area contributed by atoms with Gasteiger partial charge in [0.25, 0.3) is 0 Å². The molecule has 0 aliphatic heterocycles. The van der Waals surface area contributed by atoms with Gasteiger partial charge >= 0.3 is 0 Å². The van der Waals surface area contributed by atoms with Gasteiger partial charge in [-0.3, -0.25) is 9.59 Å². The molecule has 0 atom stereocenters. The van der Waals surface area contributed by atoms with Crippen molar-refractivity contribution in [2.45, 2.75) is 0 Å². The summed E-state index contributed by atoms with van der Waals surface area (Å²) < 4.78 is 0. The van der Waals surface area contributed by atoms with Crippen molar-refractivity contribution >= 4 is 55.9 Å². The highest BCUT2D eigenvalue weighted by molar-refractivity contribution is 6.57. The third-order valence-corrected chi connectivity index (χ3v) is 7.56. The Bertz CT molecular complexity index is 2630. The van der Waals surface area contributed by atoms with Crippen molar-refractivity contribution in [3.63, 3.8) is 0 Å². The fourth-order valence-corrected chi connectivity index (χ4v) is 5.40. The minimum Gasteiger partial charge on any atom is -0.388 e.